The fraction of sp³-hybridized carbons (Fsp3) is 0.111. The van der Waals surface area contributed by atoms with E-state index in [0.717, 1.165) is 10.6 Å². The summed E-state index contributed by atoms with van der Waals surface area (Å²) in [5.74, 6) is -0.135. The second-order valence-corrected chi connectivity index (χ2v) is 6.93. The molecule has 0 aliphatic rings. The van der Waals surface area contributed by atoms with Gasteiger partial charge in [0.25, 0.3) is 5.69 Å². The minimum absolute atomic E-state index is 0.0319. The van der Waals surface area contributed by atoms with Crippen molar-refractivity contribution in [3.63, 3.8) is 0 Å². The van der Waals surface area contributed by atoms with Crippen LogP contribution < -0.4 is 5.32 Å². The van der Waals surface area contributed by atoms with E-state index in [1.807, 2.05) is 35.0 Å². The van der Waals surface area contributed by atoms with E-state index < -0.39 is 4.92 Å². The molecule has 132 valence electrons. The smallest absolute Gasteiger partial charge is 0.269 e. The third-order valence-corrected chi connectivity index (χ3v) is 4.78. The van der Waals surface area contributed by atoms with E-state index in [4.69, 9.17) is 0 Å². The lowest BCUT2D eigenvalue weighted by molar-refractivity contribution is -0.384. The van der Waals surface area contributed by atoms with Crippen molar-refractivity contribution in [1.82, 2.24) is 9.55 Å². The zero-order chi connectivity index (χ0) is 18.5. The van der Waals surface area contributed by atoms with Crippen molar-refractivity contribution >= 4 is 29.0 Å². The van der Waals surface area contributed by atoms with Crippen LogP contribution in [0.4, 0.5) is 11.4 Å². The molecule has 26 heavy (non-hydrogen) atoms. The molecular formula is C18H16N4O3S. The van der Waals surface area contributed by atoms with Crippen LogP contribution in [0.2, 0.25) is 0 Å². The van der Waals surface area contributed by atoms with Crippen LogP contribution in [0.25, 0.3) is 5.69 Å². The van der Waals surface area contributed by atoms with Crippen LogP contribution in [0.3, 0.4) is 0 Å². The van der Waals surface area contributed by atoms with E-state index >= 15 is 0 Å². The number of nitro groups is 1. The second-order valence-electron chi connectivity index (χ2n) is 5.52. The van der Waals surface area contributed by atoms with Crippen molar-refractivity contribution in [3.8, 4) is 5.69 Å². The largest absolute Gasteiger partial charge is 0.325 e. The van der Waals surface area contributed by atoms with Crippen molar-refractivity contribution in [3.05, 3.63) is 77.4 Å². The maximum atomic E-state index is 12.4. The Morgan fingerprint density at radius 3 is 2.46 bits per heavy atom. The number of hydrogen-bond donors (Lipinski definition) is 1. The molecule has 3 rings (SSSR count). The van der Waals surface area contributed by atoms with Gasteiger partial charge in [-0.15, -0.1) is 11.8 Å². The van der Waals surface area contributed by atoms with Crippen molar-refractivity contribution in [1.29, 1.82) is 0 Å². The van der Waals surface area contributed by atoms with E-state index in [-0.39, 0.29) is 16.8 Å². The highest BCUT2D eigenvalue weighted by atomic mass is 32.2. The van der Waals surface area contributed by atoms with Crippen molar-refractivity contribution in [2.75, 3.05) is 5.32 Å². The highest BCUT2D eigenvalue weighted by Gasteiger charge is 2.15. The molecule has 0 spiro atoms. The topological polar surface area (TPSA) is 90.1 Å². The van der Waals surface area contributed by atoms with Crippen LogP contribution >= 0.6 is 11.8 Å². The predicted molar refractivity (Wildman–Crippen MR) is 101 cm³/mol. The Bertz CT molecular complexity index is 893. The molecule has 1 N–H and O–H groups in total. The molecular weight excluding hydrogens is 352 g/mol. The number of imidazole rings is 1. The maximum Gasteiger partial charge on any atom is 0.269 e. The minimum atomic E-state index is -0.446. The fourth-order valence-electron chi connectivity index (χ4n) is 2.28. The van der Waals surface area contributed by atoms with Crippen molar-refractivity contribution < 1.29 is 9.72 Å². The van der Waals surface area contributed by atoms with Gasteiger partial charge < -0.3 is 9.88 Å². The highest BCUT2D eigenvalue weighted by molar-refractivity contribution is 8.00. The van der Waals surface area contributed by atoms with Gasteiger partial charge in [-0.3, -0.25) is 14.9 Å². The zero-order valence-corrected chi connectivity index (χ0v) is 14.7. The van der Waals surface area contributed by atoms with Gasteiger partial charge >= 0.3 is 0 Å². The van der Waals surface area contributed by atoms with Gasteiger partial charge in [-0.2, -0.15) is 0 Å². The molecule has 1 unspecified atom stereocenters. The first-order valence-electron chi connectivity index (χ1n) is 7.83. The molecule has 0 fully saturated rings. The SMILES string of the molecule is CC(Sc1ccc([N+](=O)[O-])cc1)C(=O)Nc1ccc(-n2ccnc2)cc1. The summed E-state index contributed by atoms with van der Waals surface area (Å²) in [5.41, 5.74) is 1.69. The van der Waals surface area contributed by atoms with Crippen LogP contribution in [-0.2, 0) is 4.79 Å². The number of benzene rings is 2. The molecule has 7 nitrogen and oxygen atoms in total. The number of thioether (sulfide) groups is 1. The van der Waals surface area contributed by atoms with E-state index in [2.05, 4.69) is 10.3 Å². The van der Waals surface area contributed by atoms with Gasteiger partial charge in [0.1, 0.15) is 0 Å². The molecule has 1 aromatic heterocycles. The Balaban J connectivity index is 1.59. The molecule has 2 aromatic carbocycles. The van der Waals surface area contributed by atoms with Crippen molar-refractivity contribution in [2.24, 2.45) is 0 Å². The number of aromatic nitrogens is 2. The molecule has 0 saturated carbocycles. The standard InChI is InChI=1S/C18H16N4O3S/c1-13(26-17-8-6-16(7-9-17)22(24)25)18(23)20-14-2-4-15(5-3-14)21-11-10-19-12-21/h2-13H,1H3,(H,20,23). The number of nitrogens with one attached hydrogen (secondary N) is 1. The molecule has 1 atom stereocenters. The van der Waals surface area contributed by atoms with E-state index in [0.29, 0.717) is 5.69 Å². The summed E-state index contributed by atoms with van der Waals surface area (Å²) in [7, 11) is 0. The van der Waals surface area contributed by atoms with Crippen LogP contribution in [0.15, 0.2) is 72.1 Å². The first kappa shape index (κ1) is 17.7. The average Bonchev–Trinajstić information content (AvgIpc) is 3.17. The molecule has 3 aromatic rings. The minimum Gasteiger partial charge on any atom is -0.325 e. The molecule has 8 heteroatoms. The highest BCUT2D eigenvalue weighted by Crippen LogP contribution is 2.26. The van der Waals surface area contributed by atoms with E-state index in [1.54, 1.807) is 31.6 Å². The quantitative estimate of drug-likeness (QED) is 0.405. The van der Waals surface area contributed by atoms with Crippen LogP contribution in [-0.4, -0.2) is 25.6 Å². The molecule has 1 amide bonds. The fourth-order valence-corrected chi connectivity index (χ4v) is 3.14. The lowest BCUT2D eigenvalue weighted by Crippen LogP contribution is -2.22. The first-order chi connectivity index (χ1) is 12.5. The van der Waals surface area contributed by atoms with Crippen LogP contribution in [0, 0.1) is 10.1 Å². The summed E-state index contributed by atoms with van der Waals surface area (Å²) in [4.78, 5) is 27.4. The van der Waals surface area contributed by atoms with Gasteiger partial charge in [0.15, 0.2) is 0 Å². The van der Waals surface area contributed by atoms with Gasteiger partial charge in [0, 0.05) is 40.8 Å². The van der Waals surface area contributed by atoms with Gasteiger partial charge in [-0.1, -0.05) is 0 Å². The summed E-state index contributed by atoms with van der Waals surface area (Å²) in [6.45, 7) is 1.79. The second kappa shape index (κ2) is 7.83. The van der Waals surface area contributed by atoms with Crippen LogP contribution in [0.5, 0.6) is 0 Å². The maximum absolute atomic E-state index is 12.4. The number of anilines is 1. The Morgan fingerprint density at radius 1 is 1.19 bits per heavy atom. The Labute approximate surface area is 154 Å². The number of rotatable bonds is 6. The molecule has 0 bridgehead atoms. The zero-order valence-electron chi connectivity index (χ0n) is 13.9. The van der Waals surface area contributed by atoms with E-state index in [1.165, 1.54) is 23.9 Å². The summed E-state index contributed by atoms with van der Waals surface area (Å²) in [5, 5.41) is 13.2. The number of nitro benzene ring substituents is 1. The molecule has 0 aliphatic carbocycles. The molecule has 0 radical (unpaired) electrons. The number of nitrogens with zero attached hydrogens (tertiary/aromatic N) is 3. The predicted octanol–water partition coefficient (Wildman–Crippen LogP) is 3.90. The first-order valence-corrected chi connectivity index (χ1v) is 8.71. The lowest BCUT2D eigenvalue weighted by atomic mass is 10.2. The Kier molecular flexibility index (Phi) is 5.33. The summed E-state index contributed by atoms with van der Waals surface area (Å²) in [6, 6.07) is 13.6. The summed E-state index contributed by atoms with van der Waals surface area (Å²) in [6.07, 6.45) is 5.25. The summed E-state index contributed by atoms with van der Waals surface area (Å²) < 4.78 is 1.87. The Hall–Kier alpha value is -3.13. The third-order valence-electron chi connectivity index (χ3n) is 3.67. The number of hydrogen-bond acceptors (Lipinski definition) is 5. The normalized spacial score (nSPS) is 11.7. The van der Waals surface area contributed by atoms with Gasteiger partial charge in [0.2, 0.25) is 5.91 Å². The molecule has 0 aliphatic heterocycles. The van der Waals surface area contributed by atoms with Gasteiger partial charge in [-0.25, -0.2) is 4.98 Å². The lowest BCUT2D eigenvalue weighted by Gasteiger charge is -2.12. The number of carbonyl (C=O) groups excluding carboxylic acids is 1. The van der Waals surface area contributed by atoms with E-state index in [9.17, 15) is 14.9 Å². The molecule has 0 saturated heterocycles. The van der Waals surface area contributed by atoms with Crippen molar-refractivity contribution in [2.45, 2.75) is 17.1 Å². The summed E-state index contributed by atoms with van der Waals surface area (Å²) >= 11 is 1.35. The van der Waals surface area contributed by atoms with Gasteiger partial charge in [-0.05, 0) is 43.3 Å². The third kappa shape index (κ3) is 4.28. The number of carbonyl (C=O) groups is 1. The van der Waals surface area contributed by atoms with Crippen LogP contribution in [0.1, 0.15) is 6.92 Å². The van der Waals surface area contributed by atoms with Gasteiger partial charge in [0.05, 0.1) is 16.5 Å². The Morgan fingerprint density at radius 2 is 1.88 bits per heavy atom. The number of non-ortho nitro benzene ring substituents is 1. The number of amides is 1. The molecule has 1 heterocycles. The average molecular weight is 368 g/mol. The monoisotopic (exact) mass is 368 g/mol.